The molecule has 26 heavy (non-hydrogen) atoms. The number of rotatable bonds is 5. The van der Waals surface area contributed by atoms with Gasteiger partial charge in [0.2, 0.25) is 5.91 Å². The van der Waals surface area contributed by atoms with Crippen LogP contribution in [0.2, 0.25) is 0 Å². The topological polar surface area (TPSA) is 86.7 Å². The molecule has 6 nitrogen and oxygen atoms in total. The molecule has 2 amide bonds. The van der Waals surface area contributed by atoms with Crippen molar-refractivity contribution in [1.82, 2.24) is 10.2 Å². The molecule has 0 spiro atoms. The minimum absolute atomic E-state index is 0.0184. The summed E-state index contributed by atoms with van der Waals surface area (Å²) < 4.78 is 0. The van der Waals surface area contributed by atoms with Crippen LogP contribution in [0.3, 0.4) is 0 Å². The second kappa shape index (κ2) is 8.14. The number of carbonyl (C=O) groups excluding carboxylic acids is 2. The molecule has 2 aromatic rings. The van der Waals surface area contributed by atoms with E-state index < -0.39 is 5.97 Å². The number of nitrogens with zero attached hydrogens (tertiary/aromatic N) is 1. The number of likely N-dealkylation sites (tertiary alicyclic amines) is 1. The number of thiophene rings is 1. The second-order valence-corrected chi connectivity index (χ2v) is 7.10. The van der Waals surface area contributed by atoms with Gasteiger partial charge in [-0.05, 0) is 42.0 Å². The van der Waals surface area contributed by atoms with E-state index in [1.807, 2.05) is 10.8 Å². The first-order valence-electron chi connectivity index (χ1n) is 8.46. The van der Waals surface area contributed by atoms with Gasteiger partial charge in [0.25, 0.3) is 5.91 Å². The Labute approximate surface area is 155 Å². The average molecular weight is 372 g/mol. The number of benzene rings is 1. The van der Waals surface area contributed by atoms with Crippen LogP contribution in [0.25, 0.3) is 0 Å². The van der Waals surface area contributed by atoms with Crippen molar-refractivity contribution >= 4 is 29.1 Å². The van der Waals surface area contributed by atoms with Gasteiger partial charge in [-0.25, -0.2) is 4.79 Å². The Morgan fingerprint density at radius 2 is 1.92 bits per heavy atom. The van der Waals surface area contributed by atoms with E-state index in [0.717, 1.165) is 12.8 Å². The third kappa shape index (κ3) is 4.49. The monoisotopic (exact) mass is 372 g/mol. The van der Waals surface area contributed by atoms with Crippen LogP contribution in [0, 0.1) is 0 Å². The van der Waals surface area contributed by atoms with Crippen molar-refractivity contribution in [1.29, 1.82) is 0 Å². The fraction of sp³-hybridized carbons (Fsp3) is 0.316. The average Bonchev–Trinajstić information content (AvgIpc) is 3.17. The van der Waals surface area contributed by atoms with Gasteiger partial charge in [0.05, 0.1) is 12.0 Å². The zero-order valence-electron chi connectivity index (χ0n) is 14.2. The van der Waals surface area contributed by atoms with E-state index in [4.69, 9.17) is 5.11 Å². The van der Waals surface area contributed by atoms with E-state index in [2.05, 4.69) is 5.32 Å². The van der Waals surface area contributed by atoms with Crippen molar-refractivity contribution in [2.24, 2.45) is 0 Å². The number of amides is 2. The van der Waals surface area contributed by atoms with Gasteiger partial charge in [0.1, 0.15) is 0 Å². The van der Waals surface area contributed by atoms with Crippen LogP contribution in [0.1, 0.15) is 39.1 Å². The lowest BCUT2D eigenvalue weighted by molar-refractivity contribution is -0.131. The highest BCUT2D eigenvalue weighted by molar-refractivity contribution is 7.08. The number of hydrogen-bond acceptors (Lipinski definition) is 4. The number of hydrogen-bond donors (Lipinski definition) is 2. The van der Waals surface area contributed by atoms with E-state index in [-0.39, 0.29) is 29.8 Å². The first-order chi connectivity index (χ1) is 12.5. The maximum atomic E-state index is 12.5. The molecule has 136 valence electrons. The smallest absolute Gasteiger partial charge is 0.335 e. The summed E-state index contributed by atoms with van der Waals surface area (Å²) in [6.07, 6.45) is 1.63. The van der Waals surface area contributed by atoms with Crippen LogP contribution in [0.4, 0.5) is 0 Å². The van der Waals surface area contributed by atoms with E-state index in [1.54, 1.807) is 23.1 Å². The predicted molar refractivity (Wildman–Crippen MR) is 98.5 cm³/mol. The lowest BCUT2D eigenvalue weighted by atomic mass is 10.0. The first-order valence-corrected chi connectivity index (χ1v) is 9.40. The molecule has 0 bridgehead atoms. The number of aromatic carboxylic acids is 1. The van der Waals surface area contributed by atoms with Gasteiger partial charge in [-0.1, -0.05) is 12.1 Å². The Hall–Kier alpha value is -2.67. The summed E-state index contributed by atoms with van der Waals surface area (Å²) in [6, 6.07) is 8.33. The van der Waals surface area contributed by atoms with Crippen molar-refractivity contribution in [3.05, 3.63) is 57.8 Å². The number of piperidine rings is 1. The highest BCUT2D eigenvalue weighted by atomic mass is 32.1. The minimum Gasteiger partial charge on any atom is -0.478 e. The van der Waals surface area contributed by atoms with Crippen LogP contribution in [0.5, 0.6) is 0 Å². The Kier molecular flexibility index (Phi) is 5.68. The maximum Gasteiger partial charge on any atom is 0.335 e. The molecule has 1 aromatic heterocycles. The molecule has 7 heteroatoms. The van der Waals surface area contributed by atoms with Crippen LogP contribution in [-0.2, 0) is 11.2 Å². The molecule has 0 aliphatic carbocycles. The fourth-order valence-electron chi connectivity index (χ4n) is 3.04. The number of carboxylic acids is 1. The fourth-order valence-corrected chi connectivity index (χ4v) is 3.67. The van der Waals surface area contributed by atoms with Crippen molar-refractivity contribution in [3.8, 4) is 0 Å². The zero-order chi connectivity index (χ0) is 18.5. The van der Waals surface area contributed by atoms with Crippen molar-refractivity contribution < 1.29 is 19.5 Å². The quantitative estimate of drug-likeness (QED) is 0.844. The third-order valence-corrected chi connectivity index (χ3v) is 5.18. The van der Waals surface area contributed by atoms with Gasteiger partial charge in [0, 0.05) is 30.1 Å². The van der Waals surface area contributed by atoms with Gasteiger partial charge in [0.15, 0.2) is 0 Å². The molecule has 3 rings (SSSR count). The molecule has 0 saturated carbocycles. The summed E-state index contributed by atoms with van der Waals surface area (Å²) in [5, 5.41) is 15.7. The molecule has 1 fully saturated rings. The Balaban J connectivity index is 1.50. The number of carbonyl (C=O) groups is 3. The summed E-state index contributed by atoms with van der Waals surface area (Å²) in [7, 11) is 0. The number of carboxylic acid groups (broad SMARTS) is 1. The van der Waals surface area contributed by atoms with E-state index in [0.29, 0.717) is 24.2 Å². The zero-order valence-corrected chi connectivity index (χ0v) is 15.0. The first kappa shape index (κ1) is 18.1. The van der Waals surface area contributed by atoms with Gasteiger partial charge in [-0.15, -0.1) is 0 Å². The van der Waals surface area contributed by atoms with E-state index in [9.17, 15) is 14.4 Å². The molecule has 0 atom stereocenters. The summed E-state index contributed by atoms with van der Waals surface area (Å²) in [4.78, 5) is 37.3. The normalized spacial score (nSPS) is 14.8. The van der Waals surface area contributed by atoms with Gasteiger partial charge >= 0.3 is 5.97 Å². The molecule has 2 N–H and O–H groups in total. The largest absolute Gasteiger partial charge is 0.478 e. The van der Waals surface area contributed by atoms with Crippen molar-refractivity contribution in [2.45, 2.75) is 25.3 Å². The van der Waals surface area contributed by atoms with Crippen molar-refractivity contribution in [3.63, 3.8) is 0 Å². The Bertz CT molecular complexity index is 796. The molecule has 0 unspecified atom stereocenters. The molecule has 0 radical (unpaired) electrons. The number of nitrogens with one attached hydrogen (secondary N) is 1. The lowest BCUT2D eigenvalue weighted by Gasteiger charge is -2.32. The molecule has 2 heterocycles. The molecular weight excluding hydrogens is 352 g/mol. The molecular formula is C19H20N2O4S. The van der Waals surface area contributed by atoms with Gasteiger partial charge < -0.3 is 15.3 Å². The summed E-state index contributed by atoms with van der Waals surface area (Å²) in [6.45, 7) is 1.18. The van der Waals surface area contributed by atoms with E-state index in [1.165, 1.54) is 23.5 Å². The van der Waals surface area contributed by atoms with Crippen LogP contribution in [0.15, 0.2) is 41.1 Å². The highest BCUT2D eigenvalue weighted by Gasteiger charge is 2.24. The lowest BCUT2D eigenvalue weighted by Crippen LogP contribution is -2.46. The summed E-state index contributed by atoms with van der Waals surface area (Å²) >= 11 is 1.49. The molecule has 1 saturated heterocycles. The van der Waals surface area contributed by atoms with E-state index >= 15 is 0 Å². The molecule has 1 aliphatic rings. The standard InChI is InChI=1S/C19H20N2O4S/c22-17(11-13-2-1-3-14(10-13)19(24)25)21-7-4-16(5-8-21)20-18(23)15-6-9-26-12-15/h1-3,6,9-10,12,16H,4-5,7-8,11H2,(H,20,23)(H,24,25). The van der Waals surface area contributed by atoms with Crippen molar-refractivity contribution in [2.75, 3.05) is 13.1 Å². The minimum atomic E-state index is -0.999. The van der Waals surface area contributed by atoms with Gasteiger partial charge in [-0.3, -0.25) is 9.59 Å². The summed E-state index contributed by atoms with van der Waals surface area (Å²) in [5.41, 5.74) is 1.56. The van der Waals surface area contributed by atoms with Crippen LogP contribution in [-0.4, -0.2) is 46.9 Å². The second-order valence-electron chi connectivity index (χ2n) is 6.32. The predicted octanol–water partition coefficient (Wildman–Crippen LogP) is 2.41. The Morgan fingerprint density at radius 1 is 1.15 bits per heavy atom. The SMILES string of the molecule is O=C(O)c1cccc(CC(=O)N2CCC(NC(=O)c3ccsc3)CC2)c1. The third-order valence-electron chi connectivity index (χ3n) is 4.50. The van der Waals surface area contributed by atoms with Gasteiger partial charge in [-0.2, -0.15) is 11.3 Å². The van der Waals surface area contributed by atoms with Crippen LogP contribution >= 0.6 is 11.3 Å². The Morgan fingerprint density at radius 3 is 2.58 bits per heavy atom. The van der Waals surface area contributed by atoms with Crippen LogP contribution < -0.4 is 5.32 Å². The maximum absolute atomic E-state index is 12.5. The highest BCUT2D eigenvalue weighted by Crippen LogP contribution is 2.15. The molecule has 1 aromatic carbocycles. The molecule has 1 aliphatic heterocycles. The summed E-state index contributed by atoms with van der Waals surface area (Å²) in [5.74, 6) is -1.09.